The summed E-state index contributed by atoms with van der Waals surface area (Å²) < 4.78 is 36.0. The average Bonchev–Trinajstić information content (AvgIpc) is 3.13. The number of aryl methyl sites for hydroxylation is 2. The highest BCUT2D eigenvalue weighted by atomic mass is 32.2. The van der Waals surface area contributed by atoms with Crippen molar-refractivity contribution < 1.29 is 23.0 Å². The van der Waals surface area contributed by atoms with Crippen LogP contribution in [0.5, 0.6) is 11.5 Å². The number of methoxy groups -OCH3 is 1. The van der Waals surface area contributed by atoms with Crippen molar-refractivity contribution in [3.63, 3.8) is 0 Å². The highest BCUT2D eigenvalue weighted by Crippen LogP contribution is 2.29. The molecule has 0 atom stereocenters. The average molecular weight is 437 g/mol. The number of amides is 1. The Hall–Kier alpha value is -2.95. The van der Waals surface area contributed by atoms with E-state index >= 15 is 0 Å². The second kappa shape index (κ2) is 9.24. The Balaban J connectivity index is 1.70. The lowest BCUT2D eigenvalue weighted by Gasteiger charge is -2.13. The van der Waals surface area contributed by atoms with Gasteiger partial charge in [-0.05, 0) is 37.8 Å². The Labute approximate surface area is 176 Å². The molecule has 0 spiro atoms. The van der Waals surface area contributed by atoms with Crippen molar-refractivity contribution in [2.75, 3.05) is 13.4 Å². The molecule has 11 heteroatoms. The fraction of sp³-hybridized carbons (Fsp3) is 0.368. The van der Waals surface area contributed by atoms with Gasteiger partial charge in [-0.15, -0.1) is 5.10 Å². The molecular weight excluding hydrogens is 416 g/mol. The number of hydrogen-bond donors (Lipinski definition) is 1. The van der Waals surface area contributed by atoms with E-state index < -0.39 is 6.61 Å². The van der Waals surface area contributed by atoms with Gasteiger partial charge in [-0.2, -0.15) is 13.8 Å². The lowest BCUT2D eigenvalue weighted by molar-refractivity contribution is -0.120. The number of hydrogen-bond acceptors (Lipinski definition) is 7. The summed E-state index contributed by atoms with van der Waals surface area (Å²) >= 11 is 1.42. The molecule has 8 nitrogen and oxygen atoms in total. The summed E-state index contributed by atoms with van der Waals surface area (Å²) in [6, 6.07) is 4.51. The van der Waals surface area contributed by atoms with Crippen molar-refractivity contribution >= 4 is 23.4 Å². The number of rotatable bonds is 8. The smallest absolute Gasteiger partial charge is 0.387 e. The van der Waals surface area contributed by atoms with E-state index in [2.05, 4.69) is 25.1 Å². The summed E-state index contributed by atoms with van der Waals surface area (Å²) in [4.78, 5) is 21.3. The van der Waals surface area contributed by atoms with E-state index in [-0.39, 0.29) is 30.4 Å². The van der Waals surface area contributed by atoms with Crippen LogP contribution in [-0.2, 0) is 17.8 Å². The van der Waals surface area contributed by atoms with Crippen LogP contribution in [0.25, 0.3) is 5.78 Å². The lowest BCUT2D eigenvalue weighted by atomic mass is 10.1. The number of nitrogens with zero attached hydrogens (tertiary/aromatic N) is 4. The SMILES string of the molecule is COc1cc(CNC(=O)Cc2c(C)nc3nc(SC)nn3c2C)ccc1OC(F)F. The summed E-state index contributed by atoms with van der Waals surface area (Å²) in [5.41, 5.74) is 2.97. The number of nitrogens with one attached hydrogen (secondary N) is 1. The van der Waals surface area contributed by atoms with Gasteiger partial charge < -0.3 is 14.8 Å². The standard InChI is InChI=1S/C19H21F2N5O3S/c1-10-13(11(2)26-18(23-10)24-19(25-26)30-4)8-16(27)22-9-12-5-6-14(29-17(20)21)15(7-12)28-3/h5-7,17H,8-9H2,1-4H3,(H,22,27). The van der Waals surface area contributed by atoms with Gasteiger partial charge in [-0.3, -0.25) is 4.79 Å². The molecule has 0 saturated heterocycles. The van der Waals surface area contributed by atoms with Crippen LogP contribution in [0.2, 0.25) is 0 Å². The second-order valence-electron chi connectivity index (χ2n) is 6.39. The largest absolute Gasteiger partial charge is 0.493 e. The van der Waals surface area contributed by atoms with Gasteiger partial charge in [0, 0.05) is 23.5 Å². The van der Waals surface area contributed by atoms with Gasteiger partial charge in [0.15, 0.2) is 11.5 Å². The van der Waals surface area contributed by atoms with E-state index in [0.717, 1.165) is 11.3 Å². The van der Waals surface area contributed by atoms with Gasteiger partial charge >= 0.3 is 6.61 Å². The van der Waals surface area contributed by atoms with Crippen LogP contribution in [0.15, 0.2) is 23.4 Å². The molecule has 30 heavy (non-hydrogen) atoms. The summed E-state index contributed by atoms with van der Waals surface area (Å²) in [5.74, 6) is 0.390. The molecule has 0 saturated carbocycles. The highest BCUT2D eigenvalue weighted by Gasteiger charge is 2.16. The van der Waals surface area contributed by atoms with E-state index in [4.69, 9.17) is 4.74 Å². The molecular formula is C19H21F2N5O3S. The first-order valence-corrected chi connectivity index (χ1v) is 10.2. The maximum absolute atomic E-state index is 12.5. The normalized spacial score (nSPS) is 11.2. The summed E-state index contributed by atoms with van der Waals surface area (Å²) in [7, 11) is 1.36. The Morgan fingerprint density at radius 2 is 2.03 bits per heavy atom. The molecule has 1 N–H and O–H groups in total. The number of thioether (sulfide) groups is 1. The Bertz CT molecular complexity index is 1070. The molecule has 0 radical (unpaired) electrons. The van der Waals surface area contributed by atoms with Crippen molar-refractivity contribution in [1.29, 1.82) is 0 Å². The summed E-state index contributed by atoms with van der Waals surface area (Å²) in [5, 5.41) is 7.80. The number of carbonyl (C=O) groups is 1. The van der Waals surface area contributed by atoms with E-state index in [0.29, 0.717) is 22.2 Å². The topological polar surface area (TPSA) is 90.6 Å². The molecule has 0 unspecified atom stereocenters. The van der Waals surface area contributed by atoms with Crippen LogP contribution in [-0.4, -0.2) is 45.5 Å². The fourth-order valence-corrected chi connectivity index (χ4v) is 3.31. The highest BCUT2D eigenvalue weighted by molar-refractivity contribution is 7.98. The molecule has 1 amide bonds. The predicted molar refractivity (Wildman–Crippen MR) is 107 cm³/mol. The van der Waals surface area contributed by atoms with Crippen molar-refractivity contribution in [1.82, 2.24) is 24.9 Å². The lowest BCUT2D eigenvalue weighted by Crippen LogP contribution is -2.26. The van der Waals surface area contributed by atoms with Crippen molar-refractivity contribution in [2.24, 2.45) is 0 Å². The van der Waals surface area contributed by atoms with Crippen LogP contribution in [0.4, 0.5) is 8.78 Å². The van der Waals surface area contributed by atoms with Gasteiger partial charge in [0.1, 0.15) is 0 Å². The van der Waals surface area contributed by atoms with Gasteiger partial charge in [0.05, 0.1) is 13.5 Å². The zero-order valence-corrected chi connectivity index (χ0v) is 17.7. The predicted octanol–water partition coefficient (Wildman–Crippen LogP) is 2.93. The fourth-order valence-electron chi connectivity index (χ4n) is 2.97. The monoisotopic (exact) mass is 437 g/mol. The minimum atomic E-state index is -2.95. The Kier molecular flexibility index (Phi) is 6.70. The van der Waals surface area contributed by atoms with Crippen molar-refractivity contribution in [3.8, 4) is 11.5 Å². The number of fused-ring (bicyclic) bond motifs is 1. The molecule has 2 aromatic heterocycles. The number of alkyl halides is 2. The van der Waals surface area contributed by atoms with Gasteiger partial charge in [-0.25, -0.2) is 9.50 Å². The van der Waals surface area contributed by atoms with Crippen molar-refractivity contribution in [3.05, 3.63) is 40.7 Å². The van der Waals surface area contributed by atoms with E-state index in [1.807, 2.05) is 20.1 Å². The van der Waals surface area contributed by atoms with E-state index in [1.54, 1.807) is 16.6 Å². The van der Waals surface area contributed by atoms with Crippen LogP contribution in [0, 0.1) is 13.8 Å². The number of halogens is 2. The summed E-state index contributed by atoms with van der Waals surface area (Å²) in [6.45, 7) is 0.960. The van der Waals surface area contributed by atoms with Crippen LogP contribution in [0.1, 0.15) is 22.5 Å². The first-order valence-electron chi connectivity index (χ1n) is 8.97. The molecule has 160 valence electrons. The third-order valence-corrected chi connectivity index (χ3v) is 5.02. The quantitative estimate of drug-likeness (QED) is 0.542. The van der Waals surface area contributed by atoms with Crippen LogP contribution >= 0.6 is 11.8 Å². The third kappa shape index (κ3) is 4.78. The second-order valence-corrected chi connectivity index (χ2v) is 7.16. The third-order valence-electron chi connectivity index (χ3n) is 4.48. The Morgan fingerprint density at radius 1 is 1.27 bits per heavy atom. The van der Waals surface area contributed by atoms with E-state index in [1.165, 1.54) is 24.9 Å². The first-order chi connectivity index (χ1) is 14.3. The number of benzene rings is 1. The molecule has 3 aromatic rings. The van der Waals surface area contributed by atoms with Crippen LogP contribution in [0.3, 0.4) is 0 Å². The van der Waals surface area contributed by atoms with Crippen molar-refractivity contribution in [2.45, 2.75) is 38.6 Å². The summed E-state index contributed by atoms with van der Waals surface area (Å²) in [6.07, 6.45) is 2.01. The zero-order valence-electron chi connectivity index (χ0n) is 16.9. The molecule has 0 aliphatic carbocycles. The van der Waals surface area contributed by atoms with Gasteiger partial charge in [0.25, 0.3) is 5.78 Å². The first kappa shape index (κ1) is 21.8. The maximum Gasteiger partial charge on any atom is 0.387 e. The molecule has 0 fully saturated rings. The molecule has 0 aliphatic heterocycles. The number of ether oxygens (including phenoxy) is 2. The maximum atomic E-state index is 12.5. The van der Waals surface area contributed by atoms with Crippen LogP contribution < -0.4 is 14.8 Å². The Morgan fingerprint density at radius 3 is 2.70 bits per heavy atom. The van der Waals surface area contributed by atoms with Gasteiger partial charge in [-0.1, -0.05) is 17.8 Å². The molecule has 3 rings (SSSR count). The molecule has 1 aromatic carbocycles. The zero-order chi connectivity index (χ0) is 21.8. The number of aromatic nitrogens is 4. The molecule has 0 bridgehead atoms. The molecule has 2 heterocycles. The minimum Gasteiger partial charge on any atom is -0.493 e. The number of carbonyl (C=O) groups excluding carboxylic acids is 1. The van der Waals surface area contributed by atoms with Gasteiger partial charge in [0.2, 0.25) is 11.1 Å². The van der Waals surface area contributed by atoms with E-state index in [9.17, 15) is 13.6 Å². The molecule has 0 aliphatic rings. The minimum absolute atomic E-state index is 0.0642.